The normalized spacial score (nSPS) is 28.7. The Bertz CT molecular complexity index is 711. The average Bonchev–Trinajstić information content (AvgIpc) is 3.29. The van der Waals surface area contributed by atoms with Crippen LogP contribution in [0, 0.1) is 17.8 Å². The van der Waals surface area contributed by atoms with Gasteiger partial charge in [-0.15, -0.1) is 0 Å². The fourth-order valence-corrected chi connectivity index (χ4v) is 4.61. The topological polar surface area (TPSA) is 47.9 Å². The Labute approximate surface area is 185 Å². The highest BCUT2D eigenvalue weighted by molar-refractivity contribution is 6.30. The summed E-state index contributed by atoms with van der Waals surface area (Å²) in [6.07, 6.45) is 13.7. The molecule has 0 radical (unpaired) electrons. The molecule has 4 atom stereocenters. The summed E-state index contributed by atoms with van der Waals surface area (Å²) in [7, 11) is 0. The van der Waals surface area contributed by atoms with E-state index in [1.807, 2.05) is 24.3 Å². The van der Waals surface area contributed by atoms with E-state index in [-0.39, 0.29) is 18.6 Å². The van der Waals surface area contributed by atoms with Gasteiger partial charge in [-0.25, -0.2) is 0 Å². The number of ether oxygens (including phenoxy) is 3. The fourth-order valence-electron chi connectivity index (χ4n) is 4.43. The van der Waals surface area contributed by atoms with Crippen molar-refractivity contribution < 1.29 is 19.3 Å². The lowest BCUT2D eigenvalue weighted by atomic mass is 9.86. The second kappa shape index (κ2) is 11.3. The van der Waals surface area contributed by atoms with Gasteiger partial charge in [0.2, 0.25) is 5.79 Å². The van der Waals surface area contributed by atoms with Gasteiger partial charge in [0.15, 0.2) is 0 Å². The maximum absolute atomic E-state index is 10.7. The zero-order valence-corrected chi connectivity index (χ0v) is 18.9. The summed E-state index contributed by atoms with van der Waals surface area (Å²) in [5, 5.41) is 11.3. The third-order valence-corrected chi connectivity index (χ3v) is 6.40. The van der Waals surface area contributed by atoms with Crippen molar-refractivity contribution in [2.45, 2.75) is 57.8 Å². The second-order valence-corrected chi connectivity index (χ2v) is 8.92. The van der Waals surface area contributed by atoms with Gasteiger partial charge in [0.1, 0.15) is 12.4 Å². The number of rotatable bonds is 10. The zero-order chi connectivity index (χ0) is 21.4. The summed E-state index contributed by atoms with van der Waals surface area (Å²) in [4.78, 5) is 0. The summed E-state index contributed by atoms with van der Waals surface area (Å²) in [6, 6.07) is 7.30. The van der Waals surface area contributed by atoms with Crippen LogP contribution in [-0.4, -0.2) is 36.8 Å². The Morgan fingerprint density at radius 1 is 1.27 bits per heavy atom. The van der Waals surface area contributed by atoms with E-state index in [0.717, 1.165) is 19.3 Å². The number of aliphatic hydroxyl groups is 1. The van der Waals surface area contributed by atoms with E-state index in [0.29, 0.717) is 35.8 Å². The summed E-state index contributed by atoms with van der Waals surface area (Å²) in [6.45, 7) is 5.74. The SMILES string of the molecule is CCCC/C=C\C[C@@H]1[C@@H](/C=C/C2(COc3cccc(Cl)c3)OCCO2)[C@H](O)C[C@@H]1C. The molecule has 1 saturated heterocycles. The number of halogens is 1. The van der Waals surface area contributed by atoms with Crippen molar-refractivity contribution in [2.75, 3.05) is 19.8 Å². The molecule has 1 aromatic carbocycles. The van der Waals surface area contributed by atoms with Crippen molar-refractivity contribution in [3.05, 3.63) is 53.6 Å². The molecule has 1 heterocycles. The fraction of sp³-hybridized carbons (Fsp3) is 0.600. The quantitative estimate of drug-likeness (QED) is 0.374. The molecule has 3 rings (SSSR count). The average molecular weight is 435 g/mol. The van der Waals surface area contributed by atoms with Crippen molar-refractivity contribution in [1.29, 1.82) is 0 Å². The van der Waals surface area contributed by atoms with Crippen LogP contribution in [0.4, 0.5) is 0 Å². The Morgan fingerprint density at radius 3 is 2.80 bits per heavy atom. The summed E-state index contributed by atoms with van der Waals surface area (Å²) < 4.78 is 17.7. The molecule has 166 valence electrons. The molecular weight excluding hydrogens is 400 g/mol. The summed E-state index contributed by atoms with van der Waals surface area (Å²) in [5.74, 6) is 0.747. The van der Waals surface area contributed by atoms with Crippen molar-refractivity contribution in [1.82, 2.24) is 0 Å². The van der Waals surface area contributed by atoms with E-state index in [2.05, 4.69) is 32.1 Å². The Morgan fingerprint density at radius 2 is 2.07 bits per heavy atom. The van der Waals surface area contributed by atoms with Crippen molar-refractivity contribution in [3.8, 4) is 5.75 Å². The van der Waals surface area contributed by atoms with E-state index in [9.17, 15) is 5.11 Å². The molecule has 1 aliphatic carbocycles. The molecule has 4 nitrogen and oxygen atoms in total. The molecule has 1 aliphatic heterocycles. The van der Waals surface area contributed by atoms with E-state index in [1.165, 1.54) is 12.8 Å². The largest absolute Gasteiger partial charge is 0.488 e. The Kier molecular flexibility index (Phi) is 8.82. The maximum Gasteiger partial charge on any atom is 0.223 e. The van der Waals surface area contributed by atoms with Gasteiger partial charge < -0.3 is 19.3 Å². The standard InChI is InChI=1S/C25H35ClO4/c1-3-4-5-6-7-11-22-19(2)16-24(27)23(22)12-13-25(29-14-15-30-25)18-28-21-10-8-9-20(26)17-21/h6-10,12-13,17,19,22-24,27H,3-5,11,14-16,18H2,1-2H3/b7-6-,13-12+/t19-,22-,23+,24+/m0/s1. The first-order valence-electron chi connectivity index (χ1n) is 11.2. The van der Waals surface area contributed by atoms with Crippen molar-refractivity contribution in [3.63, 3.8) is 0 Å². The number of hydrogen-bond acceptors (Lipinski definition) is 4. The molecule has 0 unspecified atom stereocenters. The molecule has 5 heteroatoms. The first-order chi connectivity index (χ1) is 14.5. The third-order valence-electron chi connectivity index (χ3n) is 6.17. The van der Waals surface area contributed by atoms with Crippen LogP contribution in [0.2, 0.25) is 5.02 Å². The van der Waals surface area contributed by atoms with Gasteiger partial charge in [-0.05, 0) is 55.4 Å². The molecule has 1 aromatic rings. The molecule has 0 spiro atoms. The van der Waals surface area contributed by atoms with Gasteiger partial charge in [-0.3, -0.25) is 0 Å². The lowest BCUT2D eigenvalue weighted by Crippen LogP contribution is -2.35. The molecule has 30 heavy (non-hydrogen) atoms. The van der Waals surface area contributed by atoms with E-state index in [4.69, 9.17) is 25.8 Å². The summed E-state index contributed by atoms with van der Waals surface area (Å²) in [5.41, 5.74) is 0. The Hall–Kier alpha value is -1.33. The molecule has 1 saturated carbocycles. The minimum absolute atomic E-state index is 0.0895. The van der Waals surface area contributed by atoms with Crippen LogP contribution in [0.1, 0.15) is 46.0 Å². The van der Waals surface area contributed by atoms with Gasteiger partial charge in [0.05, 0.1) is 19.3 Å². The number of benzene rings is 1. The lowest BCUT2D eigenvalue weighted by Gasteiger charge is -2.26. The van der Waals surface area contributed by atoms with E-state index in [1.54, 1.807) is 6.07 Å². The summed E-state index contributed by atoms with van der Waals surface area (Å²) >= 11 is 6.05. The molecule has 2 fully saturated rings. The van der Waals surface area contributed by atoms with Gasteiger partial charge in [0, 0.05) is 10.9 Å². The van der Waals surface area contributed by atoms with Gasteiger partial charge in [-0.2, -0.15) is 0 Å². The number of allylic oxidation sites excluding steroid dienone is 2. The molecule has 0 aromatic heterocycles. The van der Waals surface area contributed by atoms with Crippen LogP contribution in [0.3, 0.4) is 0 Å². The number of hydrogen-bond donors (Lipinski definition) is 1. The van der Waals surface area contributed by atoms with E-state index < -0.39 is 5.79 Å². The highest BCUT2D eigenvalue weighted by Crippen LogP contribution is 2.41. The highest BCUT2D eigenvalue weighted by atomic mass is 35.5. The minimum atomic E-state index is -0.921. The maximum atomic E-state index is 10.7. The van der Waals surface area contributed by atoms with Crippen molar-refractivity contribution >= 4 is 11.6 Å². The lowest BCUT2D eigenvalue weighted by molar-refractivity contribution is -0.139. The van der Waals surface area contributed by atoms with Crippen LogP contribution < -0.4 is 4.74 Å². The van der Waals surface area contributed by atoms with E-state index >= 15 is 0 Å². The van der Waals surface area contributed by atoms with Gasteiger partial charge >= 0.3 is 0 Å². The molecular formula is C25H35ClO4. The Balaban J connectivity index is 1.65. The zero-order valence-electron chi connectivity index (χ0n) is 18.1. The van der Waals surface area contributed by atoms with Crippen LogP contribution in [0.15, 0.2) is 48.6 Å². The van der Waals surface area contributed by atoms with Gasteiger partial charge in [-0.1, -0.05) is 62.6 Å². The minimum Gasteiger partial charge on any atom is -0.488 e. The van der Waals surface area contributed by atoms with Crippen LogP contribution in [0.5, 0.6) is 5.75 Å². The van der Waals surface area contributed by atoms with Gasteiger partial charge in [0.25, 0.3) is 0 Å². The molecule has 0 bridgehead atoms. The molecule has 0 amide bonds. The number of unbranched alkanes of at least 4 members (excludes halogenated alkanes) is 2. The molecule has 2 aliphatic rings. The van der Waals surface area contributed by atoms with Crippen LogP contribution in [0.25, 0.3) is 0 Å². The number of aliphatic hydroxyl groups excluding tert-OH is 1. The monoisotopic (exact) mass is 434 g/mol. The third kappa shape index (κ3) is 6.34. The first kappa shape index (κ1) is 23.3. The second-order valence-electron chi connectivity index (χ2n) is 8.48. The smallest absolute Gasteiger partial charge is 0.223 e. The molecule has 1 N–H and O–H groups in total. The van der Waals surface area contributed by atoms with Crippen LogP contribution in [-0.2, 0) is 9.47 Å². The first-order valence-corrected chi connectivity index (χ1v) is 11.6. The van der Waals surface area contributed by atoms with Crippen molar-refractivity contribution in [2.24, 2.45) is 17.8 Å². The van der Waals surface area contributed by atoms with Crippen LogP contribution >= 0.6 is 11.6 Å². The highest BCUT2D eigenvalue weighted by Gasteiger charge is 2.40. The predicted molar refractivity (Wildman–Crippen MR) is 121 cm³/mol. The predicted octanol–water partition coefficient (Wildman–Crippen LogP) is 5.79.